The Hall–Kier alpha value is -2.96. The number of hydrogen-bond acceptors (Lipinski definition) is 5. The minimum Gasteiger partial charge on any atom is -0.458 e. The Balaban J connectivity index is 4.77. The first-order valence-electron chi connectivity index (χ1n) is 25.8. The van der Waals surface area contributed by atoms with E-state index in [4.69, 9.17) is 4.74 Å². The number of carbonyl (C=O) groups excluding carboxylic acids is 2. The lowest BCUT2D eigenvalue weighted by Gasteiger charge is -2.23. The van der Waals surface area contributed by atoms with Crippen molar-refractivity contribution < 1.29 is 24.5 Å². The molecule has 0 aromatic heterocycles. The van der Waals surface area contributed by atoms with Gasteiger partial charge in [0.15, 0.2) is 0 Å². The highest BCUT2D eigenvalue weighted by atomic mass is 16.5. The molecule has 6 heteroatoms. The second kappa shape index (κ2) is 49.1. The average Bonchev–Trinajstić information content (AvgIpc) is 3.26. The smallest absolute Gasteiger partial charge is 0.306 e. The van der Waals surface area contributed by atoms with E-state index in [0.717, 1.165) is 83.5 Å². The molecule has 356 valence electrons. The number of aliphatic hydroxyl groups excluding tert-OH is 2. The molecule has 0 saturated carbocycles. The zero-order valence-electron chi connectivity index (χ0n) is 40.5. The van der Waals surface area contributed by atoms with Crippen molar-refractivity contribution >= 4 is 11.9 Å². The Labute approximate surface area is 383 Å². The van der Waals surface area contributed by atoms with E-state index in [-0.39, 0.29) is 24.9 Å². The molecule has 0 aliphatic rings. The van der Waals surface area contributed by atoms with Gasteiger partial charge in [0.05, 0.1) is 25.2 Å². The van der Waals surface area contributed by atoms with Crippen molar-refractivity contribution in [3.05, 3.63) is 85.1 Å². The van der Waals surface area contributed by atoms with Gasteiger partial charge in [-0.05, 0) is 83.1 Å². The first kappa shape index (κ1) is 59.0. The molecule has 0 heterocycles. The van der Waals surface area contributed by atoms with Crippen molar-refractivity contribution in [1.29, 1.82) is 0 Å². The van der Waals surface area contributed by atoms with Crippen LogP contribution >= 0.6 is 0 Å². The van der Waals surface area contributed by atoms with Crippen LogP contribution in [0.15, 0.2) is 85.1 Å². The number of unbranched alkanes of at least 4 members (excludes halogenated alkanes) is 21. The highest BCUT2D eigenvalue weighted by Gasteiger charge is 2.23. The second-order valence-corrected chi connectivity index (χ2v) is 17.2. The number of esters is 1. The van der Waals surface area contributed by atoms with Crippen LogP contribution in [0.4, 0.5) is 0 Å². The number of amides is 1. The summed E-state index contributed by atoms with van der Waals surface area (Å²) in [6.45, 7) is 6.30. The lowest BCUT2D eigenvalue weighted by Crippen LogP contribution is -2.46. The van der Waals surface area contributed by atoms with Crippen LogP contribution in [0.5, 0.6) is 0 Å². The fraction of sp³-hybridized carbons (Fsp3) is 0.714. The predicted octanol–water partition coefficient (Wildman–Crippen LogP) is 15.6. The molecule has 0 spiro atoms. The molecule has 3 unspecified atom stereocenters. The Morgan fingerprint density at radius 1 is 0.500 bits per heavy atom. The minimum absolute atomic E-state index is 0.0536. The van der Waals surface area contributed by atoms with Crippen molar-refractivity contribution in [2.75, 3.05) is 6.61 Å². The van der Waals surface area contributed by atoms with Crippen molar-refractivity contribution in [2.24, 2.45) is 0 Å². The minimum atomic E-state index is -0.824. The standard InChI is InChI=1S/C56H97NO5/c1-4-7-10-13-16-19-22-25-27-28-29-30-32-35-38-41-44-47-52(62-56(61)49-46-43-40-37-34-24-21-18-15-12-9-6-3)50-55(60)57-53(51-58)54(59)48-45-42-39-36-33-31-26-23-20-17-14-11-8-5-2/h7,10,16,18-19,21,25,27,29-30,35,38,44,47,52-54,58-59H,4-6,8-9,11-15,17,20,22-24,26,28,31-34,36-37,39-43,45-46,48-51H2,1-3H3,(H,57,60)/b10-7-,19-16-,21-18-,27-25-,30-29-,38-35-,47-44-. The topological polar surface area (TPSA) is 95.9 Å². The Morgan fingerprint density at radius 2 is 0.903 bits per heavy atom. The van der Waals surface area contributed by atoms with E-state index in [9.17, 15) is 19.8 Å². The fourth-order valence-corrected chi connectivity index (χ4v) is 7.30. The van der Waals surface area contributed by atoms with Crippen LogP contribution in [0.1, 0.15) is 233 Å². The van der Waals surface area contributed by atoms with Crippen LogP contribution in [0, 0.1) is 0 Å². The van der Waals surface area contributed by atoms with Crippen LogP contribution in [0.2, 0.25) is 0 Å². The van der Waals surface area contributed by atoms with E-state index in [1.54, 1.807) is 6.08 Å². The summed E-state index contributed by atoms with van der Waals surface area (Å²) in [6, 6.07) is -0.748. The molecule has 0 bridgehead atoms. The van der Waals surface area contributed by atoms with Gasteiger partial charge >= 0.3 is 5.97 Å². The van der Waals surface area contributed by atoms with Gasteiger partial charge in [-0.1, -0.05) is 222 Å². The Kier molecular flexibility index (Phi) is 46.7. The third-order valence-corrected chi connectivity index (χ3v) is 11.2. The molecule has 0 fully saturated rings. The number of hydrogen-bond donors (Lipinski definition) is 3. The summed E-state index contributed by atoms with van der Waals surface area (Å²) in [5.74, 6) is -0.644. The van der Waals surface area contributed by atoms with Gasteiger partial charge in [0.25, 0.3) is 0 Å². The number of carbonyl (C=O) groups is 2. The molecule has 1 amide bonds. The summed E-state index contributed by atoms with van der Waals surface area (Å²) in [6.07, 6.45) is 63.8. The lowest BCUT2D eigenvalue weighted by molar-refractivity contribution is -0.148. The van der Waals surface area contributed by atoms with Crippen molar-refractivity contribution in [1.82, 2.24) is 5.32 Å². The van der Waals surface area contributed by atoms with Crippen LogP contribution in [0.25, 0.3) is 0 Å². The van der Waals surface area contributed by atoms with Gasteiger partial charge in [-0.25, -0.2) is 0 Å². The molecular weight excluding hydrogens is 767 g/mol. The van der Waals surface area contributed by atoms with Gasteiger partial charge in [0, 0.05) is 6.42 Å². The van der Waals surface area contributed by atoms with Gasteiger partial charge in [-0.2, -0.15) is 0 Å². The van der Waals surface area contributed by atoms with Crippen LogP contribution in [0.3, 0.4) is 0 Å². The van der Waals surface area contributed by atoms with Crippen LogP contribution in [-0.2, 0) is 14.3 Å². The normalized spacial score (nSPS) is 14.0. The molecule has 62 heavy (non-hydrogen) atoms. The van der Waals surface area contributed by atoms with Crippen LogP contribution in [-0.4, -0.2) is 46.9 Å². The SMILES string of the molecule is CC/C=C\C/C=C\C/C=C\C/C=C\C/C=C\C/C=C\C(CC(=O)NC(CO)C(O)CCCCCCCCCCCCCCCC)OC(=O)CCCCCCC/C=C\CCCCC. The predicted molar refractivity (Wildman–Crippen MR) is 268 cm³/mol. The van der Waals surface area contributed by atoms with Gasteiger partial charge in [0.2, 0.25) is 5.91 Å². The summed E-state index contributed by atoms with van der Waals surface area (Å²) in [7, 11) is 0. The first-order valence-corrected chi connectivity index (χ1v) is 25.8. The summed E-state index contributed by atoms with van der Waals surface area (Å²) in [4.78, 5) is 26.1. The maximum absolute atomic E-state index is 13.2. The van der Waals surface area contributed by atoms with E-state index in [1.807, 2.05) is 6.08 Å². The van der Waals surface area contributed by atoms with Crippen molar-refractivity contribution in [2.45, 2.75) is 251 Å². The Morgan fingerprint density at radius 3 is 1.39 bits per heavy atom. The molecule has 0 aliphatic carbocycles. The molecule has 0 aromatic carbocycles. The number of nitrogens with one attached hydrogen (secondary N) is 1. The number of allylic oxidation sites excluding steroid dienone is 13. The maximum Gasteiger partial charge on any atom is 0.306 e. The summed E-state index contributed by atoms with van der Waals surface area (Å²) >= 11 is 0. The number of aliphatic hydroxyl groups is 2. The molecular formula is C56H97NO5. The first-order chi connectivity index (χ1) is 30.5. The molecule has 0 rings (SSSR count). The van der Waals surface area contributed by atoms with Gasteiger partial charge in [-0.3, -0.25) is 9.59 Å². The molecule has 0 aliphatic heterocycles. The van der Waals surface area contributed by atoms with E-state index < -0.39 is 18.2 Å². The second-order valence-electron chi connectivity index (χ2n) is 17.2. The molecule has 3 N–H and O–H groups in total. The number of rotatable bonds is 45. The highest BCUT2D eigenvalue weighted by Crippen LogP contribution is 2.16. The van der Waals surface area contributed by atoms with E-state index in [0.29, 0.717) is 19.3 Å². The maximum atomic E-state index is 13.2. The molecule has 0 saturated heterocycles. The zero-order valence-corrected chi connectivity index (χ0v) is 40.5. The molecule has 6 nitrogen and oxygen atoms in total. The van der Waals surface area contributed by atoms with Gasteiger partial charge in [0.1, 0.15) is 6.10 Å². The fourth-order valence-electron chi connectivity index (χ4n) is 7.30. The monoisotopic (exact) mass is 864 g/mol. The summed E-state index contributed by atoms with van der Waals surface area (Å²) in [5, 5.41) is 23.7. The van der Waals surface area contributed by atoms with E-state index in [1.165, 1.54) is 103 Å². The van der Waals surface area contributed by atoms with E-state index >= 15 is 0 Å². The average molecular weight is 864 g/mol. The third-order valence-electron chi connectivity index (χ3n) is 11.2. The largest absolute Gasteiger partial charge is 0.458 e. The molecule has 0 radical (unpaired) electrons. The van der Waals surface area contributed by atoms with Gasteiger partial charge in [-0.15, -0.1) is 0 Å². The molecule has 0 aromatic rings. The quantitative estimate of drug-likeness (QED) is 0.0322. The summed E-state index contributed by atoms with van der Waals surface area (Å²) in [5.41, 5.74) is 0. The van der Waals surface area contributed by atoms with Gasteiger partial charge < -0.3 is 20.3 Å². The Bertz CT molecular complexity index is 1200. The lowest BCUT2D eigenvalue weighted by atomic mass is 10.0. The third kappa shape index (κ3) is 43.7. The highest BCUT2D eigenvalue weighted by molar-refractivity contribution is 5.78. The van der Waals surface area contributed by atoms with Crippen molar-refractivity contribution in [3.8, 4) is 0 Å². The van der Waals surface area contributed by atoms with Crippen molar-refractivity contribution in [3.63, 3.8) is 0 Å². The summed E-state index contributed by atoms with van der Waals surface area (Å²) < 4.78 is 5.81. The van der Waals surface area contributed by atoms with E-state index in [2.05, 4.69) is 99.0 Å². The molecule has 3 atom stereocenters. The zero-order chi connectivity index (χ0) is 45.2. The number of ether oxygens (including phenoxy) is 1. The van der Waals surface area contributed by atoms with Crippen LogP contribution < -0.4 is 5.32 Å².